The Morgan fingerprint density at radius 1 is 1.76 bits per heavy atom. The summed E-state index contributed by atoms with van der Waals surface area (Å²) < 4.78 is 0. The lowest BCUT2D eigenvalue weighted by atomic mass is 9.79. The minimum atomic E-state index is -0.749. The standard InChI is InChI=1S/C13H24N2O2/c1-3-5-11(14)12(16)15-9-13(17)7-4-6-10(2)8-13/h3,10-11,17H,1,4-9,14H2,2H3,(H,15,16). The number of nitrogens with one attached hydrogen (secondary N) is 1. The molecule has 1 saturated carbocycles. The second kappa shape index (κ2) is 6.17. The molecule has 3 unspecified atom stereocenters. The molecule has 17 heavy (non-hydrogen) atoms. The van der Waals surface area contributed by atoms with Crippen LogP contribution in [-0.2, 0) is 4.79 Å². The third-order valence-corrected chi connectivity index (χ3v) is 3.42. The van der Waals surface area contributed by atoms with Gasteiger partial charge in [-0.3, -0.25) is 4.79 Å². The maximum absolute atomic E-state index is 11.6. The van der Waals surface area contributed by atoms with E-state index < -0.39 is 11.6 Å². The van der Waals surface area contributed by atoms with Gasteiger partial charge in [0.2, 0.25) is 5.91 Å². The first-order valence-electron chi connectivity index (χ1n) is 6.33. The van der Waals surface area contributed by atoms with E-state index in [0.717, 1.165) is 25.7 Å². The third kappa shape index (κ3) is 4.48. The highest BCUT2D eigenvalue weighted by Gasteiger charge is 2.33. The van der Waals surface area contributed by atoms with Gasteiger partial charge < -0.3 is 16.2 Å². The van der Waals surface area contributed by atoms with Crippen LogP contribution in [-0.4, -0.2) is 29.2 Å². The molecule has 1 fully saturated rings. The Kier molecular flexibility index (Phi) is 5.15. The van der Waals surface area contributed by atoms with Crippen molar-refractivity contribution >= 4 is 5.91 Å². The Morgan fingerprint density at radius 3 is 3.06 bits per heavy atom. The van der Waals surface area contributed by atoms with Gasteiger partial charge >= 0.3 is 0 Å². The first kappa shape index (κ1) is 14.2. The largest absolute Gasteiger partial charge is 0.388 e. The number of nitrogens with two attached hydrogens (primary N) is 1. The van der Waals surface area contributed by atoms with Crippen LogP contribution in [0.15, 0.2) is 12.7 Å². The van der Waals surface area contributed by atoms with Crippen LogP contribution in [0.3, 0.4) is 0 Å². The van der Waals surface area contributed by atoms with Crippen LogP contribution < -0.4 is 11.1 Å². The molecule has 0 heterocycles. The van der Waals surface area contributed by atoms with E-state index in [4.69, 9.17) is 5.73 Å². The zero-order valence-electron chi connectivity index (χ0n) is 10.6. The summed E-state index contributed by atoms with van der Waals surface area (Å²) in [6, 6.07) is -0.558. The van der Waals surface area contributed by atoms with Crippen molar-refractivity contribution in [3.05, 3.63) is 12.7 Å². The zero-order valence-corrected chi connectivity index (χ0v) is 10.6. The minimum Gasteiger partial charge on any atom is -0.388 e. The summed E-state index contributed by atoms with van der Waals surface area (Å²) >= 11 is 0. The Balaban J connectivity index is 2.38. The second-order valence-electron chi connectivity index (χ2n) is 5.27. The number of aliphatic hydroxyl groups is 1. The molecule has 1 amide bonds. The van der Waals surface area contributed by atoms with Crippen LogP contribution >= 0.6 is 0 Å². The van der Waals surface area contributed by atoms with E-state index in [2.05, 4.69) is 18.8 Å². The van der Waals surface area contributed by atoms with Gasteiger partial charge in [-0.25, -0.2) is 0 Å². The Labute approximate surface area is 103 Å². The topological polar surface area (TPSA) is 75.4 Å². The van der Waals surface area contributed by atoms with Crippen LogP contribution in [0, 0.1) is 5.92 Å². The summed E-state index contributed by atoms with van der Waals surface area (Å²) in [6.45, 7) is 5.99. The van der Waals surface area contributed by atoms with E-state index in [1.807, 2.05) is 0 Å². The van der Waals surface area contributed by atoms with Crippen LogP contribution in [0.4, 0.5) is 0 Å². The van der Waals surface area contributed by atoms with Gasteiger partial charge in [-0.05, 0) is 25.2 Å². The van der Waals surface area contributed by atoms with Crippen molar-refractivity contribution in [1.82, 2.24) is 5.32 Å². The molecule has 0 spiro atoms. The molecule has 1 rings (SSSR count). The van der Waals surface area contributed by atoms with E-state index in [-0.39, 0.29) is 5.91 Å². The normalized spacial score (nSPS) is 30.6. The Morgan fingerprint density at radius 2 is 2.47 bits per heavy atom. The Hall–Kier alpha value is -0.870. The predicted molar refractivity (Wildman–Crippen MR) is 68.4 cm³/mol. The van der Waals surface area contributed by atoms with Gasteiger partial charge in [-0.15, -0.1) is 6.58 Å². The first-order chi connectivity index (χ1) is 7.97. The number of carbonyl (C=O) groups excluding carboxylic acids is 1. The lowest BCUT2D eigenvalue weighted by Gasteiger charge is -2.35. The highest BCUT2D eigenvalue weighted by Crippen LogP contribution is 2.31. The van der Waals surface area contributed by atoms with Gasteiger partial charge in [0, 0.05) is 6.54 Å². The molecule has 0 aromatic heterocycles. The maximum atomic E-state index is 11.6. The minimum absolute atomic E-state index is 0.212. The van der Waals surface area contributed by atoms with E-state index in [1.165, 1.54) is 0 Å². The molecule has 0 saturated heterocycles. The summed E-state index contributed by atoms with van der Waals surface area (Å²) in [5.41, 5.74) is 4.90. The van der Waals surface area contributed by atoms with Crippen molar-refractivity contribution in [2.75, 3.05) is 6.54 Å². The van der Waals surface area contributed by atoms with Gasteiger partial charge in [-0.2, -0.15) is 0 Å². The molecule has 0 aliphatic heterocycles. The van der Waals surface area contributed by atoms with Gasteiger partial charge in [0.25, 0.3) is 0 Å². The fourth-order valence-corrected chi connectivity index (χ4v) is 2.46. The van der Waals surface area contributed by atoms with Crippen LogP contribution in [0.25, 0.3) is 0 Å². The average molecular weight is 240 g/mol. The second-order valence-corrected chi connectivity index (χ2v) is 5.27. The molecule has 1 aliphatic carbocycles. The number of carbonyl (C=O) groups is 1. The maximum Gasteiger partial charge on any atom is 0.237 e. The summed E-state index contributed by atoms with van der Waals surface area (Å²) in [6.07, 6.45) is 5.78. The smallest absolute Gasteiger partial charge is 0.237 e. The number of amides is 1. The van der Waals surface area contributed by atoms with Crippen molar-refractivity contribution in [3.8, 4) is 0 Å². The molecule has 4 N–H and O–H groups in total. The molecule has 0 aromatic carbocycles. The molecule has 1 aliphatic rings. The summed E-state index contributed by atoms with van der Waals surface area (Å²) in [4.78, 5) is 11.6. The highest BCUT2D eigenvalue weighted by atomic mass is 16.3. The fourth-order valence-electron chi connectivity index (χ4n) is 2.46. The van der Waals surface area contributed by atoms with Crippen LogP contribution in [0.2, 0.25) is 0 Å². The summed E-state index contributed by atoms with van der Waals surface area (Å²) in [5.74, 6) is 0.309. The van der Waals surface area contributed by atoms with Gasteiger partial charge in [0.05, 0.1) is 11.6 Å². The number of hydrogen-bond donors (Lipinski definition) is 3. The average Bonchev–Trinajstić information content (AvgIpc) is 2.26. The molecular weight excluding hydrogens is 216 g/mol. The van der Waals surface area contributed by atoms with E-state index in [9.17, 15) is 9.90 Å². The van der Waals surface area contributed by atoms with Crippen molar-refractivity contribution in [3.63, 3.8) is 0 Å². The van der Waals surface area contributed by atoms with Crippen molar-refractivity contribution < 1.29 is 9.90 Å². The molecule has 4 nitrogen and oxygen atoms in total. The van der Waals surface area contributed by atoms with Crippen LogP contribution in [0.1, 0.15) is 39.0 Å². The lowest BCUT2D eigenvalue weighted by Crippen LogP contribution is -2.49. The molecule has 98 valence electrons. The molecular formula is C13H24N2O2. The quantitative estimate of drug-likeness (QED) is 0.626. The summed E-state index contributed by atoms with van der Waals surface area (Å²) in [7, 11) is 0. The molecule has 3 atom stereocenters. The summed E-state index contributed by atoms with van der Waals surface area (Å²) in [5, 5.41) is 13.1. The molecule has 4 heteroatoms. The predicted octanol–water partition coefficient (Wildman–Crippen LogP) is 0.947. The molecule has 0 aromatic rings. The van der Waals surface area contributed by atoms with Gasteiger partial charge in [-0.1, -0.05) is 25.8 Å². The van der Waals surface area contributed by atoms with E-state index >= 15 is 0 Å². The number of hydrogen-bond acceptors (Lipinski definition) is 3. The Bertz CT molecular complexity index is 281. The highest BCUT2D eigenvalue weighted by molar-refractivity contribution is 5.81. The van der Waals surface area contributed by atoms with Gasteiger partial charge in [0.1, 0.15) is 0 Å². The number of rotatable bonds is 5. The molecule has 0 bridgehead atoms. The SMILES string of the molecule is C=CCC(N)C(=O)NCC1(O)CCCC(C)C1. The molecule has 0 radical (unpaired) electrons. The van der Waals surface area contributed by atoms with Crippen molar-refractivity contribution in [1.29, 1.82) is 0 Å². The lowest BCUT2D eigenvalue weighted by molar-refractivity contribution is -0.124. The van der Waals surface area contributed by atoms with Crippen molar-refractivity contribution in [2.45, 2.75) is 50.7 Å². The monoisotopic (exact) mass is 240 g/mol. The van der Waals surface area contributed by atoms with Crippen LogP contribution in [0.5, 0.6) is 0 Å². The fraction of sp³-hybridized carbons (Fsp3) is 0.769. The zero-order chi connectivity index (χ0) is 12.9. The van der Waals surface area contributed by atoms with Gasteiger partial charge in [0.15, 0.2) is 0 Å². The van der Waals surface area contributed by atoms with E-state index in [1.54, 1.807) is 6.08 Å². The third-order valence-electron chi connectivity index (χ3n) is 3.42. The first-order valence-corrected chi connectivity index (χ1v) is 6.33. The van der Waals surface area contributed by atoms with Crippen molar-refractivity contribution in [2.24, 2.45) is 11.7 Å². The van der Waals surface area contributed by atoms with E-state index in [0.29, 0.717) is 18.9 Å².